The number of carbonyl (C=O) groups is 1. The predicted molar refractivity (Wildman–Crippen MR) is 95.5 cm³/mol. The molecule has 1 heterocycles. The van der Waals surface area contributed by atoms with Gasteiger partial charge in [-0.25, -0.2) is 0 Å². The Kier molecular flexibility index (Phi) is 5.34. The van der Waals surface area contributed by atoms with Gasteiger partial charge in [0.25, 0.3) is 5.91 Å². The Morgan fingerprint density at radius 3 is 2.67 bits per heavy atom. The summed E-state index contributed by atoms with van der Waals surface area (Å²) in [6.45, 7) is -0.396. The quantitative estimate of drug-likeness (QED) is 0.690. The minimum Gasteiger partial charge on any atom is -0.387 e. The van der Waals surface area contributed by atoms with Gasteiger partial charge in [-0.3, -0.25) is 9.78 Å². The third-order valence-corrected chi connectivity index (χ3v) is 4.21. The van der Waals surface area contributed by atoms with Crippen molar-refractivity contribution >= 4 is 28.4 Å². The van der Waals surface area contributed by atoms with Crippen LogP contribution in [0.1, 0.15) is 27.6 Å². The number of hydrogen-bond acceptors (Lipinski definition) is 3. The molecule has 2 N–H and O–H groups in total. The second-order valence-corrected chi connectivity index (χ2v) is 6.28. The van der Waals surface area contributed by atoms with E-state index in [1.807, 2.05) is 0 Å². The van der Waals surface area contributed by atoms with Gasteiger partial charge in [-0.1, -0.05) is 35.9 Å². The van der Waals surface area contributed by atoms with Gasteiger partial charge >= 0.3 is 6.18 Å². The smallest absolute Gasteiger partial charge is 0.387 e. The molecule has 0 saturated heterocycles. The Hall–Kier alpha value is -2.64. The predicted octanol–water partition coefficient (Wildman–Crippen LogP) is 4.37. The zero-order valence-corrected chi connectivity index (χ0v) is 14.6. The minimum absolute atomic E-state index is 0.175. The molecule has 1 amide bonds. The average molecular weight is 395 g/mol. The number of aromatic nitrogens is 1. The fraction of sp³-hybridized carbons (Fsp3) is 0.158. The Morgan fingerprint density at radius 1 is 1.19 bits per heavy atom. The number of fused-ring (bicyclic) bond motifs is 1. The summed E-state index contributed by atoms with van der Waals surface area (Å²) in [5.41, 5.74) is -0.667. The summed E-state index contributed by atoms with van der Waals surface area (Å²) in [4.78, 5) is 16.6. The van der Waals surface area contributed by atoms with E-state index in [1.54, 1.807) is 18.2 Å². The first-order valence-electron chi connectivity index (χ1n) is 7.94. The van der Waals surface area contributed by atoms with Crippen LogP contribution in [0.3, 0.4) is 0 Å². The van der Waals surface area contributed by atoms with Crippen molar-refractivity contribution in [3.8, 4) is 0 Å². The van der Waals surface area contributed by atoms with Gasteiger partial charge in [0.15, 0.2) is 0 Å². The third-order valence-electron chi connectivity index (χ3n) is 4.00. The van der Waals surface area contributed by atoms with E-state index in [0.29, 0.717) is 15.9 Å². The zero-order chi connectivity index (χ0) is 19.6. The van der Waals surface area contributed by atoms with E-state index in [-0.39, 0.29) is 11.1 Å². The molecule has 0 spiro atoms. The maximum atomic E-state index is 13.1. The van der Waals surface area contributed by atoms with Crippen molar-refractivity contribution in [2.24, 2.45) is 0 Å². The van der Waals surface area contributed by atoms with Crippen LogP contribution in [0.2, 0.25) is 5.02 Å². The maximum Gasteiger partial charge on any atom is 0.416 e. The standard InChI is InChI=1S/C19H14ClF3N2O2/c20-12-8-11-4-3-7-24-17(11)14(9-12)18(27)25-10-16(26)13-5-1-2-6-15(13)19(21,22)23/h1-9,16,26H,10H2,(H,25,27). The molecule has 0 aliphatic heterocycles. The fourth-order valence-corrected chi connectivity index (χ4v) is 3.00. The van der Waals surface area contributed by atoms with E-state index >= 15 is 0 Å². The second-order valence-electron chi connectivity index (χ2n) is 5.84. The Labute approximate surface area is 157 Å². The van der Waals surface area contributed by atoms with Crippen molar-refractivity contribution < 1.29 is 23.1 Å². The van der Waals surface area contributed by atoms with Crippen LogP contribution in [-0.4, -0.2) is 22.5 Å². The summed E-state index contributed by atoms with van der Waals surface area (Å²) in [7, 11) is 0. The summed E-state index contributed by atoms with van der Waals surface area (Å²) in [6.07, 6.45) is -4.61. The minimum atomic E-state index is -4.60. The van der Waals surface area contributed by atoms with E-state index in [2.05, 4.69) is 10.3 Å². The normalized spacial score (nSPS) is 12.8. The Bertz CT molecular complexity index is 992. The Morgan fingerprint density at radius 2 is 1.93 bits per heavy atom. The first-order chi connectivity index (χ1) is 12.8. The number of pyridine rings is 1. The first-order valence-corrected chi connectivity index (χ1v) is 8.32. The highest BCUT2D eigenvalue weighted by Crippen LogP contribution is 2.34. The van der Waals surface area contributed by atoms with E-state index in [9.17, 15) is 23.1 Å². The molecule has 0 fully saturated rings. The van der Waals surface area contributed by atoms with Crippen LogP contribution < -0.4 is 5.32 Å². The molecule has 0 aliphatic rings. The lowest BCUT2D eigenvalue weighted by Gasteiger charge is -2.18. The number of aliphatic hydroxyl groups excluding tert-OH is 1. The molecule has 0 saturated carbocycles. The van der Waals surface area contributed by atoms with Crippen LogP contribution in [0, 0.1) is 0 Å². The summed E-state index contributed by atoms with van der Waals surface area (Å²) in [5, 5.41) is 13.6. The van der Waals surface area contributed by atoms with Crippen molar-refractivity contribution in [3.05, 3.63) is 76.4 Å². The van der Waals surface area contributed by atoms with Crippen LogP contribution in [0.15, 0.2) is 54.7 Å². The van der Waals surface area contributed by atoms with Crippen molar-refractivity contribution in [1.82, 2.24) is 10.3 Å². The number of hydrogen-bond donors (Lipinski definition) is 2. The molecule has 1 unspecified atom stereocenters. The molecule has 0 aliphatic carbocycles. The fourth-order valence-electron chi connectivity index (χ4n) is 2.77. The summed E-state index contributed by atoms with van der Waals surface area (Å²) in [6, 6.07) is 11.2. The number of rotatable bonds is 4. The van der Waals surface area contributed by atoms with Gasteiger partial charge in [-0.15, -0.1) is 0 Å². The van der Waals surface area contributed by atoms with Gasteiger partial charge in [-0.2, -0.15) is 13.2 Å². The largest absolute Gasteiger partial charge is 0.416 e. The molecular weight excluding hydrogens is 381 g/mol. The molecule has 1 atom stereocenters. The van der Waals surface area contributed by atoms with Gasteiger partial charge in [0, 0.05) is 23.2 Å². The molecular formula is C19H14ClF3N2O2. The van der Waals surface area contributed by atoms with E-state index < -0.39 is 30.3 Å². The average Bonchev–Trinajstić information content (AvgIpc) is 2.64. The molecule has 3 rings (SSSR count). The van der Waals surface area contributed by atoms with E-state index in [4.69, 9.17) is 11.6 Å². The van der Waals surface area contributed by atoms with Crippen LogP contribution in [0.4, 0.5) is 13.2 Å². The topological polar surface area (TPSA) is 62.2 Å². The third kappa shape index (κ3) is 4.20. The second kappa shape index (κ2) is 7.54. The zero-order valence-electron chi connectivity index (χ0n) is 13.8. The molecule has 0 radical (unpaired) electrons. The van der Waals surface area contributed by atoms with Crippen molar-refractivity contribution in [3.63, 3.8) is 0 Å². The van der Waals surface area contributed by atoms with Crippen molar-refractivity contribution in [2.45, 2.75) is 12.3 Å². The van der Waals surface area contributed by atoms with Crippen LogP contribution in [-0.2, 0) is 6.18 Å². The highest BCUT2D eigenvalue weighted by Gasteiger charge is 2.34. The van der Waals surface area contributed by atoms with Crippen molar-refractivity contribution in [1.29, 1.82) is 0 Å². The van der Waals surface area contributed by atoms with Crippen LogP contribution in [0.5, 0.6) is 0 Å². The van der Waals surface area contributed by atoms with Gasteiger partial charge in [0.1, 0.15) is 0 Å². The van der Waals surface area contributed by atoms with Crippen molar-refractivity contribution in [2.75, 3.05) is 6.54 Å². The number of amides is 1. The van der Waals surface area contributed by atoms with E-state index in [1.165, 1.54) is 30.5 Å². The SMILES string of the molecule is O=C(NCC(O)c1ccccc1C(F)(F)F)c1cc(Cl)cc2cccnc12. The number of nitrogens with one attached hydrogen (secondary N) is 1. The summed E-state index contributed by atoms with van der Waals surface area (Å²) >= 11 is 6.02. The lowest BCUT2D eigenvalue weighted by Crippen LogP contribution is -2.29. The number of aliphatic hydroxyl groups is 1. The van der Waals surface area contributed by atoms with Gasteiger partial charge in [-0.05, 0) is 29.8 Å². The van der Waals surface area contributed by atoms with Gasteiger partial charge in [0.05, 0.1) is 22.7 Å². The van der Waals surface area contributed by atoms with Gasteiger partial charge in [0.2, 0.25) is 0 Å². The van der Waals surface area contributed by atoms with Crippen LogP contribution >= 0.6 is 11.6 Å². The van der Waals surface area contributed by atoms with Gasteiger partial charge < -0.3 is 10.4 Å². The number of alkyl halides is 3. The monoisotopic (exact) mass is 394 g/mol. The molecule has 2 aromatic carbocycles. The Balaban J connectivity index is 1.81. The maximum absolute atomic E-state index is 13.1. The molecule has 1 aromatic heterocycles. The molecule has 8 heteroatoms. The number of nitrogens with zero attached hydrogens (tertiary/aromatic N) is 1. The molecule has 140 valence electrons. The lowest BCUT2D eigenvalue weighted by molar-refractivity contribution is -0.139. The molecule has 4 nitrogen and oxygen atoms in total. The summed E-state index contributed by atoms with van der Waals surface area (Å²) in [5.74, 6) is -0.593. The number of halogens is 4. The molecule has 0 bridgehead atoms. The molecule has 27 heavy (non-hydrogen) atoms. The highest BCUT2D eigenvalue weighted by atomic mass is 35.5. The molecule has 3 aromatic rings. The van der Waals surface area contributed by atoms with E-state index in [0.717, 1.165) is 6.07 Å². The first kappa shape index (κ1) is 19.1. The van der Waals surface area contributed by atoms with Crippen LogP contribution in [0.25, 0.3) is 10.9 Å². The lowest BCUT2D eigenvalue weighted by atomic mass is 10.0. The number of carbonyl (C=O) groups excluding carboxylic acids is 1. The summed E-state index contributed by atoms with van der Waals surface area (Å²) < 4.78 is 39.2. The number of benzene rings is 2. The highest BCUT2D eigenvalue weighted by molar-refractivity contribution is 6.32.